The predicted octanol–water partition coefficient (Wildman–Crippen LogP) is 4.35. The average molecular weight is 336 g/mol. The Morgan fingerprint density at radius 1 is 1.12 bits per heavy atom. The van der Waals surface area contributed by atoms with E-state index in [0.29, 0.717) is 30.5 Å². The molecule has 0 saturated carbocycles. The molecule has 2 aliphatic rings. The van der Waals surface area contributed by atoms with Crippen molar-refractivity contribution in [3.05, 3.63) is 24.3 Å². The summed E-state index contributed by atoms with van der Waals surface area (Å²) in [6, 6.07) is 0. The van der Waals surface area contributed by atoms with Crippen LogP contribution in [0.25, 0.3) is 0 Å². The van der Waals surface area contributed by atoms with Crippen molar-refractivity contribution in [3.8, 4) is 0 Å². The Morgan fingerprint density at radius 3 is 2.67 bits per heavy atom. The minimum Gasteiger partial charge on any atom is -0.478 e. The van der Waals surface area contributed by atoms with E-state index in [1.165, 1.54) is 38.2 Å². The number of carbonyl (C=O) groups is 1. The van der Waals surface area contributed by atoms with Crippen LogP contribution >= 0.6 is 0 Å². The zero-order valence-electron chi connectivity index (χ0n) is 14.9. The van der Waals surface area contributed by atoms with Gasteiger partial charge in [-0.05, 0) is 38.0 Å². The van der Waals surface area contributed by atoms with Crippen LogP contribution < -0.4 is 0 Å². The molecule has 2 bridgehead atoms. The Labute approximate surface area is 145 Å². The van der Waals surface area contributed by atoms with Gasteiger partial charge in [0, 0.05) is 18.6 Å². The molecular formula is C20H32O4. The van der Waals surface area contributed by atoms with Crippen LogP contribution in [0.4, 0.5) is 0 Å². The van der Waals surface area contributed by atoms with E-state index in [1.54, 1.807) is 6.08 Å². The molecular weight excluding hydrogens is 304 g/mol. The molecule has 0 aromatic carbocycles. The van der Waals surface area contributed by atoms with Crippen molar-refractivity contribution in [2.75, 3.05) is 13.2 Å². The highest BCUT2D eigenvalue weighted by Crippen LogP contribution is 2.45. The monoisotopic (exact) mass is 336 g/mol. The molecule has 0 amide bonds. The van der Waals surface area contributed by atoms with Crippen LogP contribution in [0.15, 0.2) is 24.3 Å². The fraction of sp³-hybridized carbons (Fsp3) is 0.750. The second kappa shape index (κ2) is 10.7. The maximum absolute atomic E-state index is 10.4. The van der Waals surface area contributed by atoms with E-state index < -0.39 is 5.97 Å². The van der Waals surface area contributed by atoms with Crippen molar-refractivity contribution in [3.63, 3.8) is 0 Å². The largest absolute Gasteiger partial charge is 0.478 e. The highest BCUT2D eigenvalue weighted by molar-refractivity contribution is 5.79. The van der Waals surface area contributed by atoms with Gasteiger partial charge in [-0.3, -0.25) is 0 Å². The molecule has 0 unspecified atom stereocenters. The first-order chi connectivity index (χ1) is 11.7. The van der Waals surface area contributed by atoms with Gasteiger partial charge in [-0.25, -0.2) is 4.79 Å². The Bertz CT molecular complexity index is 429. The lowest BCUT2D eigenvalue weighted by Crippen LogP contribution is -2.30. The predicted molar refractivity (Wildman–Crippen MR) is 95.0 cm³/mol. The van der Waals surface area contributed by atoms with Gasteiger partial charge in [0.15, 0.2) is 0 Å². The van der Waals surface area contributed by atoms with E-state index in [2.05, 4.69) is 13.0 Å². The highest BCUT2D eigenvalue weighted by Gasteiger charge is 2.48. The first-order valence-electron chi connectivity index (χ1n) is 9.50. The van der Waals surface area contributed by atoms with Crippen LogP contribution in [0.1, 0.15) is 58.3 Å². The van der Waals surface area contributed by atoms with Crippen molar-refractivity contribution in [2.24, 2.45) is 11.8 Å². The summed E-state index contributed by atoms with van der Waals surface area (Å²) in [5.74, 6) is 0.189. The van der Waals surface area contributed by atoms with Gasteiger partial charge < -0.3 is 14.6 Å². The van der Waals surface area contributed by atoms with E-state index in [1.807, 2.05) is 6.08 Å². The summed E-state index contributed by atoms with van der Waals surface area (Å²) >= 11 is 0. The standard InChI is InChI=1S/C20H32O4/c1-2-3-4-9-14-23-15-17-16(18-12-13-19(17)24-18)10-7-5-6-8-11-20(21)22/h5,7-8,11,16-19H,2-4,6,9-10,12-15H2,1H3,(H,21,22)/t16-,17+,18-,19+/m0/s1. The van der Waals surface area contributed by atoms with Crippen LogP contribution in [0.3, 0.4) is 0 Å². The Kier molecular flexibility index (Phi) is 8.54. The molecule has 0 spiro atoms. The molecule has 4 nitrogen and oxygen atoms in total. The SMILES string of the molecule is CCCCCCOC[C@@H]1[C@H](CC=CCC=CC(=O)O)[C@@H]2CC[C@H]1O2. The molecule has 1 N–H and O–H groups in total. The Balaban J connectivity index is 1.69. The molecule has 0 aromatic rings. The van der Waals surface area contributed by atoms with Gasteiger partial charge in [0.05, 0.1) is 18.8 Å². The van der Waals surface area contributed by atoms with Crippen LogP contribution in [0, 0.1) is 11.8 Å². The number of fused-ring (bicyclic) bond motifs is 2. The summed E-state index contributed by atoms with van der Waals surface area (Å²) in [4.78, 5) is 10.4. The van der Waals surface area contributed by atoms with Gasteiger partial charge in [0.1, 0.15) is 0 Å². The smallest absolute Gasteiger partial charge is 0.327 e. The van der Waals surface area contributed by atoms with Crippen LogP contribution in [-0.4, -0.2) is 36.5 Å². The van der Waals surface area contributed by atoms with Gasteiger partial charge in [-0.1, -0.05) is 44.4 Å². The number of allylic oxidation sites excluding steroid dienone is 3. The fourth-order valence-corrected chi connectivity index (χ4v) is 3.88. The molecule has 2 aliphatic heterocycles. The normalized spacial score (nSPS) is 29.2. The number of hydrogen-bond acceptors (Lipinski definition) is 3. The molecule has 2 fully saturated rings. The number of unbranched alkanes of at least 4 members (excludes halogenated alkanes) is 3. The zero-order valence-corrected chi connectivity index (χ0v) is 14.9. The van der Waals surface area contributed by atoms with Gasteiger partial charge in [0.2, 0.25) is 0 Å². The molecule has 0 aliphatic carbocycles. The second-order valence-electron chi connectivity index (χ2n) is 6.94. The summed E-state index contributed by atoms with van der Waals surface area (Å²) in [7, 11) is 0. The summed E-state index contributed by atoms with van der Waals surface area (Å²) in [6.45, 7) is 3.92. The molecule has 4 heteroatoms. The Morgan fingerprint density at radius 2 is 1.92 bits per heavy atom. The van der Waals surface area contributed by atoms with E-state index in [-0.39, 0.29) is 0 Å². The first-order valence-corrected chi connectivity index (χ1v) is 9.50. The molecule has 2 saturated heterocycles. The van der Waals surface area contributed by atoms with Crippen molar-refractivity contribution in [2.45, 2.75) is 70.5 Å². The van der Waals surface area contributed by atoms with Crippen LogP contribution in [0.2, 0.25) is 0 Å². The van der Waals surface area contributed by atoms with Crippen molar-refractivity contribution >= 4 is 5.97 Å². The molecule has 2 rings (SSSR count). The lowest BCUT2D eigenvalue weighted by atomic mass is 9.78. The molecule has 0 aromatic heterocycles. The van der Waals surface area contributed by atoms with Gasteiger partial charge in [-0.15, -0.1) is 0 Å². The number of hydrogen-bond donors (Lipinski definition) is 1. The maximum Gasteiger partial charge on any atom is 0.327 e. The number of ether oxygens (including phenoxy) is 2. The third kappa shape index (κ3) is 6.06. The quantitative estimate of drug-likeness (QED) is 0.327. The lowest BCUT2D eigenvalue weighted by Gasteiger charge is -2.27. The highest BCUT2D eigenvalue weighted by atomic mass is 16.5. The van der Waals surface area contributed by atoms with E-state index in [4.69, 9.17) is 14.6 Å². The van der Waals surface area contributed by atoms with Gasteiger partial charge in [-0.2, -0.15) is 0 Å². The van der Waals surface area contributed by atoms with Crippen molar-refractivity contribution < 1.29 is 19.4 Å². The maximum atomic E-state index is 10.4. The van der Waals surface area contributed by atoms with E-state index in [9.17, 15) is 4.79 Å². The zero-order chi connectivity index (χ0) is 17.2. The van der Waals surface area contributed by atoms with Gasteiger partial charge in [0.25, 0.3) is 0 Å². The van der Waals surface area contributed by atoms with Gasteiger partial charge >= 0.3 is 5.97 Å². The van der Waals surface area contributed by atoms with Crippen molar-refractivity contribution in [1.29, 1.82) is 0 Å². The topological polar surface area (TPSA) is 55.8 Å². The minimum atomic E-state index is -0.888. The van der Waals surface area contributed by atoms with Crippen molar-refractivity contribution in [1.82, 2.24) is 0 Å². The summed E-state index contributed by atoms with van der Waals surface area (Å²) in [6.07, 6.45) is 16.9. The molecule has 2 heterocycles. The molecule has 4 atom stereocenters. The number of carboxylic acids is 1. The second-order valence-corrected chi connectivity index (χ2v) is 6.94. The molecule has 0 radical (unpaired) electrons. The fourth-order valence-electron chi connectivity index (χ4n) is 3.88. The summed E-state index contributed by atoms with van der Waals surface area (Å²) in [5, 5.41) is 8.56. The lowest BCUT2D eigenvalue weighted by molar-refractivity contribution is -0.131. The third-order valence-corrected chi connectivity index (χ3v) is 5.15. The number of aliphatic carboxylic acids is 1. The van der Waals surface area contributed by atoms with E-state index in [0.717, 1.165) is 26.1 Å². The van der Waals surface area contributed by atoms with Crippen LogP contribution in [-0.2, 0) is 14.3 Å². The Hall–Kier alpha value is -1.13. The molecule has 136 valence electrons. The molecule has 24 heavy (non-hydrogen) atoms. The number of rotatable bonds is 12. The third-order valence-electron chi connectivity index (χ3n) is 5.15. The average Bonchev–Trinajstić information content (AvgIpc) is 3.15. The van der Waals surface area contributed by atoms with E-state index >= 15 is 0 Å². The number of carboxylic acid groups (broad SMARTS) is 1. The van der Waals surface area contributed by atoms with Crippen LogP contribution in [0.5, 0.6) is 0 Å². The summed E-state index contributed by atoms with van der Waals surface area (Å²) in [5.41, 5.74) is 0. The first kappa shape index (κ1) is 19.2. The summed E-state index contributed by atoms with van der Waals surface area (Å²) < 4.78 is 12.0. The minimum absolute atomic E-state index is 0.385.